The molecule has 0 aliphatic rings. The molecular weight excluding hydrogens is 1210 g/mol. The predicted molar refractivity (Wildman–Crippen MR) is 459 cm³/mol. The van der Waals surface area contributed by atoms with Gasteiger partial charge in [0, 0.05) is 9.75 Å². The summed E-state index contributed by atoms with van der Waals surface area (Å²) < 4.78 is 5.08. The van der Waals surface area contributed by atoms with Crippen LogP contribution in [-0.4, -0.2) is 0 Å². The Kier molecular flexibility index (Phi) is 47.1. The molecule has 1 nitrogen and oxygen atoms in total. The van der Waals surface area contributed by atoms with Crippen LogP contribution in [0, 0.1) is 96.9 Å². The molecule has 0 atom stereocenters. The Hall–Kier alpha value is -8.56. The first kappa shape index (κ1) is 90.4. The molecule has 0 saturated heterocycles. The second-order valence-electron chi connectivity index (χ2n) is 22.8. The second-order valence-corrected chi connectivity index (χ2v) is 24.3. The van der Waals surface area contributed by atoms with Gasteiger partial charge in [-0.1, -0.05) is 339 Å². The Bertz CT molecular complexity index is 4120. The van der Waals surface area contributed by atoms with Crippen LogP contribution in [0.1, 0.15) is 194 Å². The number of aryl methyl sites for hydroxylation is 14. The molecule has 2 heterocycles. The molecular formula is C97H130OS. The van der Waals surface area contributed by atoms with Crippen molar-refractivity contribution in [3.63, 3.8) is 0 Å². The van der Waals surface area contributed by atoms with Crippen molar-refractivity contribution in [3.05, 3.63) is 307 Å². The summed E-state index contributed by atoms with van der Waals surface area (Å²) in [7, 11) is 0. The van der Waals surface area contributed by atoms with Gasteiger partial charge in [0.05, 0.1) is 0 Å². The van der Waals surface area contributed by atoms with Gasteiger partial charge in [-0.3, -0.25) is 0 Å². The molecule has 0 bridgehead atoms. The molecule has 0 radical (unpaired) electrons. The molecule has 0 N–H and O–H groups in total. The van der Waals surface area contributed by atoms with Crippen LogP contribution in [0.3, 0.4) is 0 Å². The fourth-order valence-electron chi connectivity index (χ4n) is 10.6. The fraction of sp³-hybridized carbons (Fsp3) is 0.320. The summed E-state index contributed by atoms with van der Waals surface area (Å²) in [6.45, 7) is 61.9. The molecule has 2 heteroatoms. The largest absolute Gasteiger partial charge is 0.467 e. The molecule has 0 fully saturated rings. The van der Waals surface area contributed by atoms with Crippen molar-refractivity contribution in [2.24, 2.45) is 0 Å². The highest BCUT2D eigenvalue weighted by atomic mass is 32.1. The Morgan fingerprint density at radius 2 is 0.495 bits per heavy atom. The average Bonchev–Trinajstić information content (AvgIpc) is 1.47. The Labute approximate surface area is 608 Å². The summed E-state index contributed by atoms with van der Waals surface area (Å²) >= 11 is 1.84. The van der Waals surface area contributed by atoms with Crippen molar-refractivity contribution in [1.29, 1.82) is 0 Å². The van der Waals surface area contributed by atoms with Gasteiger partial charge < -0.3 is 4.42 Å². The summed E-state index contributed by atoms with van der Waals surface area (Å²) in [5.74, 6) is 1.97. The van der Waals surface area contributed by atoms with E-state index in [1.165, 1.54) is 147 Å². The number of furan rings is 1. The predicted octanol–water partition coefficient (Wildman–Crippen LogP) is 32.5. The molecule has 0 spiro atoms. The van der Waals surface area contributed by atoms with Crippen LogP contribution in [0.5, 0.6) is 0 Å². The zero-order valence-electron chi connectivity index (χ0n) is 67.5. The third-order valence-electron chi connectivity index (χ3n) is 15.1. The Morgan fingerprint density at radius 1 is 0.222 bits per heavy atom. The lowest BCUT2D eigenvalue weighted by atomic mass is 9.93. The van der Waals surface area contributed by atoms with Crippen molar-refractivity contribution in [2.75, 3.05) is 0 Å². The first-order valence-corrected chi connectivity index (χ1v) is 37.9. The number of hydrogen-bond acceptors (Lipinski definition) is 2. The molecule has 0 saturated carbocycles. The summed E-state index contributed by atoms with van der Waals surface area (Å²) in [4.78, 5) is 2.80. The van der Waals surface area contributed by atoms with Crippen LogP contribution in [-0.2, 0) is 0 Å². The molecule has 12 aromatic carbocycles. The van der Waals surface area contributed by atoms with Crippen molar-refractivity contribution in [3.8, 4) is 0 Å². The molecule has 0 aliphatic carbocycles. The monoisotopic (exact) mass is 1340 g/mol. The molecule has 14 aromatic rings. The lowest BCUT2D eigenvalue weighted by Gasteiger charge is -2.11. The van der Waals surface area contributed by atoms with Gasteiger partial charge in [0.15, 0.2) is 0 Å². The SMILES string of the molecule is CC.CC.CC.CC.CC.CC.CC.CCC.Cc1c2ccccc2c(C)c2ccccc12.Cc1cc(C)c2ccccc2c1.Cc1ccc(C)o1.Cc1ccc(C)s1.Cc1ccc2c(ccc3cc(C)ccc32)c1.Cc1ccc2cc3cc(C)ccc3cc2c1.Cc1ccccc1C. The summed E-state index contributed by atoms with van der Waals surface area (Å²) in [6, 6.07) is 82.3. The number of rotatable bonds is 0. The minimum atomic E-state index is 0.984. The summed E-state index contributed by atoms with van der Waals surface area (Å²) in [5.41, 5.74) is 13.5. The quantitative estimate of drug-likeness (QED) is 0.109. The van der Waals surface area contributed by atoms with Crippen LogP contribution in [0.25, 0.3) is 75.4 Å². The van der Waals surface area contributed by atoms with Crippen molar-refractivity contribution in [1.82, 2.24) is 0 Å². The van der Waals surface area contributed by atoms with E-state index in [0.717, 1.165) is 11.5 Å². The first-order chi connectivity index (χ1) is 47.8. The average molecular weight is 1340 g/mol. The highest BCUT2D eigenvalue weighted by Gasteiger charge is 2.07. The number of benzene rings is 12. The van der Waals surface area contributed by atoms with Gasteiger partial charge in [-0.05, 0) is 237 Å². The van der Waals surface area contributed by atoms with Crippen LogP contribution < -0.4 is 0 Å². The third kappa shape index (κ3) is 30.2. The molecule has 0 aliphatic heterocycles. The van der Waals surface area contributed by atoms with E-state index >= 15 is 0 Å². The highest BCUT2D eigenvalue weighted by Crippen LogP contribution is 2.32. The normalized spacial score (nSPS) is 9.35. The van der Waals surface area contributed by atoms with Gasteiger partial charge in [-0.25, -0.2) is 0 Å². The Balaban J connectivity index is 0.00000111. The lowest BCUT2D eigenvalue weighted by Crippen LogP contribution is -1.87. The zero-order valence-corrected chi connectivity index (χ0v) is 68.3. The van der Waals surface area contributed by atoms with Gasteiger partial charge in [-0.15, -0.1) is 11.3 Å². The lowest BCUT2D eigenvalue weighted by molar-refractivity contribution is 0.504. The zero-order chi connectivity index (χ0) is 75.2. The minimum absolute atomic E-state index is 0.984. The smallest absolute Gasteiger partial charge is 0.101 e. The highest BCUT2D eigenvalue weighted by molar-refractivity contribution is 7.11. The molecule has 0 amide bonds. The fourth-order valence-corrected chi connectivity index (χ4v) is 11.4. The third-order valence-corrected chi connectivity index (χ3v) is 16.0. The van der Waals surface area contributed by atoms with Crippen LogP contribution in [0.4, 0.5) is 0 Å². The summed E-state index contributed by atoms with van der Waals surface area (Å²) in [6.07, 6.45) is 1.25. The van der Waals surface area contributed by atoms with E-state index in [4.69, 9.17) is 4.42 Å². The minimum Gasteiger partial charge on any atom is -0.467 e. The van der Waals surface area contributed by atoms with Crippen LogP contribution >= 0.6 is 11.3 Å². The molecule has 0 unspecified atom stereocenters. The first-order valence-electron chi connectivity index (χ1n) is 37.0. The van der Waals surface area contributed by atoms with Crippen LogP contribution in [0.15, 0.2) is 235 Å². The van der Waals surface area contributed by atoms with E-state index in [1.807, 2.05) is 134 Å². The van der Waals surface area contributed by atoms with Gasteiger partial charge >= 0.3 is 0 Å². The molecule has 14 rings (SSSR count). The topological polar surface area (TPSA) is 13.1 Å². The van der Waals surface area contributed by atoms with E-state index in [2.05, 4.69) is 315 Å². The Morgan fingerprint density at radius 3 is 0.798 bits per heavy atom. The molecule has 530 valence electrons. The second kappa shape index (κ2) is 51.6. The van der Waals surface area contributed by atoms with Gasteiger partial charge in [0.1, 0.15) is 11.5 Å². The van der Waals surface area contributed by atoms with E-state index in [-0.39, 0.29) is 0 Å². The van der Waals surface area contributed by atoms with Gasteiger partial charge in [0.25, 0.3) is 0 Å². The summed E-state index contributed by atoms with van der Waals surface area (Å²) in [5, 5.41) is 18.9. The van der Waals surface area contributed by atoms with Crippen molar-refractivity contribution >= 4 is 86.7 Å². The maximum Gasteiger partial charge on any atom is 0.101 e. The number of fused-ring (bicyclic) bond motifs is 8. The maximum absolute atomic E-state index is 5.08. The van der Waals surface area contributed by atoms with E-state index in [1.54, 1.807) is 0 Å². The van der Waals surface area contributed by atoms with Gasteiger partial charge in [0.2, 0.25) is 0 Å². The van der Waals surface area contributed by atoms with Crippen molar-refractivity contribution < 1.29 is 4.42 Å². The standard InChI is InChI=1S/3C16H14.C12H12.C8H10.C6H8O.C6H8S.C3H8.7C2H6/c1-11-3-7-15-13(9-11)5-6-14-10-12(2)4-8-16(14)15;1-11-3-5-13-10-16-8-12(2)4-6-14(16)9-15(13)7-11;1-11-13-7-3-5-9-15(13)12(2)16-10-6-4-8-14(11)16;1-9-7-10(2)12-6-4-3-5-11(12)8-9;1-7-5-3-4-6-8(7)2;2*1-5-3-4-6(2)7-5;1-3-2;7*1-2/h3*3-10H,1-2H3;3-8H,1-2H3;3-6H,1-2H3;2*3-4H,1-2H3;3H2,1-2H3;7*1-2H3. The molecule has 99 heavy (non-hydrogen) atoms. The number of thiophene rings is 1. The van der Waals surface area contributed by atoms with Crippen LogP contribution in [0.2, 0.25) is 0 Å². The molecule has 2 aromatic heterocycles. The van der Waals surface area contributed by atoms with E-state index in [9.17, 15) is 0 Å². The van der Waals surface area contributed by atoms with Crippen molar-refractivity contribution in [2.45, 2.75) is 214 Å². The van der Waals surface area contributed by atoms with E-state index < -0.39 is 0 Å². The number of hydrogen-bond donors (Lipinski definition) is 0. The van der Waals surface area contributed by atoms with E-state index in [0.29, 0.717) is 0 Å². The van der Waals surface area contributed by atoms with Gasteiger partial charge in [-0.2, -0.15) is 0 Å². The maximum atomic E-state index is 5.08.